The topological polar surface area (TPSA) is 78.9 Å². The van der Waals surface area contributed by atoms with E-state index in [1.165, 1.54) is 199 Å². The lowest BCUT2D eigenvalue weighted by molar-refractivity contribution is -0.166. The largest absolute Gasteiger partial charge is 0.462 e. The van der Waals surface area contributed by atoms with Gasteiger partial charge in [-0.15, -0.1) is 0 Å². The Balaban J connectivity index is 4.30. The SMILES string of the molecule is CC/C=C\C/C=C\C/C=C\C/C=C\CCC(=O)OCC(COC(=O)CCCCCCCCCCCCCCCCCCCCCCCCCCC)OC(=O)CCCCCCCCC/C=C\C/C=C\CCCCCC. The van der Waals surface area contributed by atoms with Crippen molar-refractivity contribution in [2.24, 2.45) is 0 Å². The van der Waals surface area contributed by atoms with Gasteiger partial charge in [-0.2, -0.15) is 0 Å². The lowest BCUT2D eigenvalue weighted by atomic mass is 10.0. The molecule has 0 saturated carbocycles. The van der Waals surface area contributed by atoms with Crippen molar-refractivity contribution in [2.45, 2.75) is 329 Å². The summed E-state index contributed by atoms with van der Waals surface area (Å²) in [5.74, 6) is -0.977. The summed E-state index contributed by atoms with van der Waals surface area (Å²) in [5.41, 5.74) is 0. The molecule has 6 heteroatoms. The summed E-state index contributed by atoms with van der Waals surface area (Å²) < 4.78 is 16.8. The van der Waals surface area contributed by atoms with E-state index in [2.05, 4.69) is 87.6 Å². The molecule has 0 aromatic rings. The Kier molecular flexibility index (Phi) is 59.7. The number of hydrogen-bond acceptors (Lipinski definition) is 6. The van der Waals surface area contributed by atoms with Gasteiger partial charge < -0.3 is 14.2 Å². The van der Waals surface area contributed by atoms with Gasteiger partial charge in [-0.1, -0.05) is 299 Å². The van der Waals surface area contributed by atoms with Gasteiger partial charge in [0.25, 0.3) is 0 Å². The summed E-state index contributed by atoms with van der Waals surface area (Å²) in [6, 6.07) is 0. The van der Waals surface area contributed by atoms with Crippen LogP contribution in [0.2, 0.25) is 0 Å². The molecule has 0 amide bonds. The second-order valence-electron chi connectivity index (χ2n) is 21.3. The predicted molar refractivity (Wildman–Crippen MR) is 321 cm³/mol. The summed E-state index contributed by atoms with van der Waals surface area (Å²) >= 11 is 0. The fraction of sp³-hybridized carbons (Fsp3) is 0.779. The van der Waals surface area contributed by atoms with Crippen LogP contribution in [0, 0.1) is 0 Å². The van der Waals surface area contributed by atoms with Crippen molar-refractivity contribution in [2.75, 3.05) is 13.2 Å². The Hall–Kier alpha value is -3.15. The molecule has 0 fully saturated rings. The zero-order valence-corrected chi connectivity index (χ0v) is 49.1. The molecule has 0 bridgehead atoms. The molecule has 1 atom stereocenters. The molecule has 1 unspecified atom stereocenters. The molecule has 0 aromatic carbocycles. The third-order valence-corrected chi connectivity index (χ3v) is 14.0. The number of rotatable bonds is 58. The van der Waals surface area contributed by atoms with Gasteiger partial charge in [-0.3, -0.25) is 14.4 Å². The van der Waals surface area contributed by atoms with Crippen molar-refractivity contribution in [1.29, 1.82) is 0 Å². The van der Waals surface area contributed by atoms with Crippen LogP contribution in [-0.2, 0) is 28.6 Å². The second-order valence-corrected chi connectivity index (χ2v) is 21.3. The molecular formula is C68H120O6. The number of ether oxygens (including phenoxy) is 3. The minimum Gasteiger partial charge on any atom is -0.462 e. The molecule has 0 rings (SSSR count). The van der Waals surface area contributed by atoms with E-state index in [-0.39, 0.29) is 37.5 Å². The average molecular weight is 1030 g/mol. The van der Waals surface area contributed by atoms with E-state index in [0.29, 0.717) is 19.3 Å². The first-order valence-corrected chi connectivity index (χ1v) is 31.9. The van der Waals surface area contributed by atoms with E-state index < -0.39 is 6.10 Å². The molecule has 428 valence electrons. The minimum atomic E-state index is -0.808. The van der Waals surface area contributed by atoms with Crippen molar-refractivity contribution in [3.8, 4) is 0 Å². The van der Waals surface area contributed by atoms with E-state index in [0.717, 1.165) is 77.0 Å². The first-order chi connectivity index (χ1) is 36.5. The van der Waals surface area contributed by atoms with Crippen LogP contribution in [0.1, 0.15) is 323 Å². The maximum Gasteiger partial charge on any atom is 0.306 e. The predicted octanol–water partition coefficient (Wildman–Crippen LogP) is 21.7. The van der Waals surface area contributed by atoms with Crippen molar-refractivity contribution in [3.05, 3.63) is 72.9 Å². The highest BCUT2D eigenvalue weighted by atomic mass is 16.6. The maximum atomic E-state index is 12.9. The Morgan fingerprint density at radius 2 is 0.554 bits per heavy atom. The number of carbonyl (C=O) groups is 3. The number of allylic oxidation sites excluding steroid dienone is 12. The molecule has 6 nitrogen and oxygen atoms in total. The molecule has 0 saturated heterocycles. The Morgan fingerprint density at radius 1 is 0.284 bits per heavy atom. The van der Waals surface area contributed by atoms with Gasteiger partial charge in [-0.05, 0) is 77.0 Å². The quantitative estimate of drug-likeness (QED) is 0.0261. The van der Waals surface area contributed by atoms with E-state index in [4.69, 9.17) is 14.2 Å². The molecule has 0 heterocycles. The van der Waals surface area contributed by atoms with E-state index in [9.17, 15) is 14.4 Å². The molecular weight excluding hydrogens is 913 g/mol. The summed E-state index contributed by atoms with van der Waals surface area (Å²) in [6.45, 7) is 6.48. The molecule has 74 heavy (non-hydrogen) atoms. The van der Waals surface area contributed by atoms with Gasteiger partial charge in [0.05, 0.1) is 0 Å². The zero-order valence-electron chi connectivity index (χ0n) is 49.1. The number of carbonyl (C=O) groups excluding carboxylic acids is 3. The van der Waals surface area contributed by atoms with Crippen LogP contribution in [0.3, 0.4) is 0 Å². The third kappa shape index (κ3) is 59.7. The van der Waals surface area contributed by atoms with Crippen LogP contribution < -0.4 is 0 Å². The van der Waals surface area contributed by atoms with Crippen LogP contribution in [0.5, 0.6) is 0 Å². The van der Waals surface area contributed by atoms with Crippen LogP contribution >= 0.6 is 0 Å². The Bertz CT molecular complexity index is 1370. The molecule has 0 spiro atoms. The van der Waals surface area contributed by atoms with Gasteiger partial charge in [0.15, 0.2) is 6.10 Å². The molecule has 0 radical (unpaired) electrons. The Morgan fingerprint density at radius 3 is 0.919 bits per heavy atom. The van der Waals surface area contributed by atoms with E-state index in [1.54, 1.807) is 0 Å². The fourth-order valence-corrected chi connectivity index (χ4v) is 9.20. The minimum absolute atomic E-state index is 0.0980. The first-order valence-electron chi connectivity index (χ1n) is 31.9. The molecule has 0 N–H and O–H groups in total. The number of hydrogen-bond donors (Lipinski definition) is 0. The molecule has 0 aromatic heterocycles. The Labute approximate surface area is 459 Å². The highest BCUT2D eigenvalue weighted by Crippen LogP contribution is 2.17. The van der Waals surface area contributed by atoms with Crippen LogP contribution in [0.15, 0.2) is 72.9 Å². The normalized spacial score (nSPS) is 12.5. The van der Waals surface area contributed by atoms with Gasteiger partial charge in [0.1, 0.15) is 13.2 Å². The second kappa shape index (κ2) is 62.4. The maximum absolute atomic E-state index is 12.9. The third-order valence-electron chi connectivity index (χ3n) is 14.0. The van der Waals surface area contributed by atoms with Crippen molar-refractivity contribution >= 4 is 17.9 Å². The molecule has 0 aliphatic rings. The number of unbranched alkanes of at least 4 members (excludes halogenated alkanes) is 35. The van der Waals surface area contributed by atoms with Crippen molar-refractivity contribution in [3.63, 3.8) is 0 Å². The number of esters is 3. The fourth-order valence-electron chi connectivity index (χ4n) is 9.20. The van der Waals surface area contributed by atoms with Crippen LogP contribution in [0.25, 0.3) is 0 Å². The smallest absolute Gasteiger partial charge is 0.306 e. The van der Waals surface area contributed by atoms with E-state index >= 15 is 0 Å². The first kappa shape index (κ1) is 70.8. The highest BCUT2D eigenvalue weighted by Gasteiger charge is 2.19. The lowest BCUT2D eigenvalue weighted by Crippen LogP contribution is -2.30. The summed E-state index contributed by atoms with van der Waals surface area (Å²) in [7, 11) is 0. The van der Waals surface area contributed by atoms with Gasteiger partial charge in [-0.25, -0.2) is 0 Å². The van der Waals surface area contributed by atoms with E-state index in [1.807, 2.05) is 6.08 Å². The van der Waals surface area contributed by atoms with Crippen molar-refractivity contribution in [1.82, 2.24) is 0 Å². The highest BCUT2D eigenvalue weighted by molar-refractivity contribution is 5.71. The van der Waals surface area contributed by atoms with Gasteiger partial charge in [0, 0.05) is 19.3 Å². The molecule has 0 aliphatic heterocycles. The van der Waals surface area contributed by atoms with Crippen LogP contribution in [0.4, 0.5) is 0 Å². The van der Waals surface area contributed by atoms with Gasteiger partial charge >= 0.3 is 17.9 Å². The standard InChI is InChI=1S/C68H120O6/c1-4-7-10-13-16-19-22-25-27-29-31-32-33-34-35-36-37-39-40-43-46-49-52-55-58-61-67(70)73-64-65(63-72-66(69)60-57-54-51-48-45-42-24-21-18-15-12-9-6-3)74-68(71)62-59-56-53-50-47-44-41-38-30-28-26-23-20-17-14-11-8-5-2/h9,12,18,20-21,23,28,30,42,45,51,54,65H,4-8,10-11,13-17,19,22,24-27,29,31-41,43-44,46-50,52-53,55-64H2,1-3H3/b12-9-,21-18-,23-20-,30-28-,45-42-,54-51-. The van der Waals surface area contributed by atoms with Crippen molar-refractivity contribution < 1.29 is 28.6 Å². The monoisotopic (exact) mass is 1030 g/mol. The zero-order chi connectivity index (χ0) is 53.6. The summed E-state index contributed by atoms with van der Waals surface area (Å²) in [6.07, 6.45) is 80.8. The van der Waals surface area contributed by atoms with Crippen LogP contribution in [-0.4, -0.2) is 37.2 Å². The summed E-state index contributed by atoms with van der Waals surface area (Å²) in [4.78, 5) is 38.2. The van der Waals surface area contributed by atoms with Gasteiger partial charge in [0.2, 0.25) is 0 Å². The lowest BCUT2D eigenvalue weighted by Gasteiger charge is -2.18. The summed E-state index contributed by atoms with van der Waals surface area (Å²) in [5, 5.41) is 0. The average Bonchev–Trinajstić information content (AvgIpc) is 3.40. The molecule has 0 aliphatic carbocycles.